The van der Waals surface area contributed by atoms with Gasteiger partial charge < -0.3 is 5.32 Å². The van der Waals surface area contributed by atoms with E-state index in [0.717, 1.165) is 17.8 Å². The standard InChI is InChI=1S/C15H23NO/c1-3-14(16-10(2)17)15-7-11-4-12(8-15)6-13(5-11)9-15/h3,11-14H,1,4-9H2,2H3,(H,16,17). The zero-order valence-electron chi connectivity index (χ0n) is 10.7. The van der Waals surface area contributed by atoms with Crippen molar-refractivity contribution in [2.45, 2.75) is 51.5 Å². The fraction of sp³-hybridized carbons (Fsp3) is 0.800. The van der Waals surface area contributed by atoms with Crippen molar-refractivity contribution in [1.29, 1.82) is 0 Å². The summed E-state index contributed by atoms with van der Waals surface area (Å²) in [6, 6.07) is 0.202. The van der Waals surface area contributed by atoms with Crippen LogP contribution in [0.2, 0.25) is 0 Å². The van der Waals surface area contributed by atoms with Gasteiger partial charge in [-0.2, -0.15) is 0 Å². The molecule has 0 spiro atoms. The second-order valence-electron chi connectivity index (χ2n) is 6.69. The Balaban J connectivity index is 1.84. The zero-order chi connectivity index (χ0) is 12.0. The van der Waals surface area contributed by atoms with Gasteiger partial charge in [-0.1, -0.05) is 6.08 Å². The van der Waals surface area contributed by atoms with Gasteiger partial charge in [0.1, 0.15) is 0 Å². The number of rotatable bonds is 3. The molecule has 4 fully saturated rings. The Kier molecular flexibility index (Phi) is 2.57. The van der Waals surface area contributed by atoms with Crippen molar-refractivity contribution in [3.05, 3.63) is 12.7 Å². The van der Waals surface area contributed by atoms with Gasteiger partial charge in [-0.05, 0) is 61.7 Å². The topological polar surface area (TPSA) is 29.1 Å². The summed E-state index contributed by atoms with van der Waals surface area (Å²) in [5.41, 5.74) is 0.349. The molecule has 1 unspecified atom stereocenters. The summed E-state index contributed by atoms with van der Waals surface area (Å²) in [5, 5.41) is 3.13. The van der Waals surface area contributed by atoms with Crippen LogP contribution < -0.4 is 5.32 Å². The Labute approximate surface area is 104 Å². The highest BCUT2D eigenvalue weighted by Gasteiger charge is 2.53. The lowest BCUT2D eigenvalue weighted by molar-refractivity contribution is -0.123. The van der Waals surface area contributed by atoms with Gasteiger partial charge >= 0.3 is 0 Å². The Morgan fingerprint density at radius 3 is 2.06 bits per heavy atom. The minimum absolute atomic E-state index is 0.0886. The molecule has 0 aromatic rings. The normalized spacial score (nSPS) is 44.4. The van der Waals surface area contributed by atoms with Crippen molar-refractivity contribution in [3.8, 4) is 0 Å². The van der Waals surface area contributed by atoms with Crippen molar-refractivity contribution in [2.75, 3.05) is 0 Å². The van der Waals surface area contributed by atoms with E-state index in [9.17, 15) is 4.79 Å². The van der Waals surface area contributed by atoms with E-state index in [1.165, 1.54) is 38.5 Å². The fourth-order valence-corrected chi connectivity index (χ4v) is 5.24. The molecule has 2 nitrogen and oxygen atoms in total. The van der Waals surface area contributed by atoms with Gasteiger partial charge in [-0.15, -0.1) is 6.58 Å². The van der Waals surface area contributed by atoms with Crippen LogP contribution in [0.5, 0.6) is 0 Å². The molecule has 0 heterocycles. The van der Waals surface area contributed by atoms with Gasteiger partial charge in [-0.25, -0.2) is 0 Å². The van der Waals surface area contributed by atoms with Gasteiger partial charge in [0.2, 0.25) is 5.91 Å². The van der Waals surface area contributed by atoms with Crippen LogP contribution in [-0.2, 0) is 4.79 Å². The van der Waals surface area contributed by atoms with Crippen molar-refractivity contribution in [2.24, 2.45) is 23.2 Å². The lowest BCUT2D eigenvalue weighted by atomic mass is 9.47. The van der Waals surface area contributed by atoms with Gasteiger partial charge in [0.25, 0.3) is 0 Å². The molecule has 0 aliphatic heterocycles. The number of nitrogens with one attached hydrogen (secondary N) is 1. The molecule has 4 aliphatic rings. The van der Waals surface area contributed by atoms with Crippen LogP contribution in [-0.4, -0.2) is 11.9 Å². The Bertz CT molecular complexity index is 312. The van der Waals surface area contributed by atoms with Crippen LogP contribution in [0, 0.1) is 23.2 Å². The maximum Gasteiger partial charge on any atom is 0.217 e. The molecule has 1 atom stereocenters. The fourth-order valence-electron chi connectivity index (χ4n) is 5.24. The molecular weight excluding hydrogens is 210 g/mol. The third kappa shape index (κ3) is 1.82. The van der Waals surface area contributed by atoms with E-state index in [1.807, 2.05) is 6.08 Å². The molecule has 0 aromatic heterocycles. The number of hydrogen-bond donors (Lipinski definition) is 1. The second-order valence-corrected chi connectivity index (χ2v) is 6.69. The third-order valence-electron chi connectivity index (χ3n) is 5.34. The monoisotopic (exact) mass is 233 g/mol. The molecule has 0 aromatic carbocycles. The van der Waals surface area contributed by atoms with E-state index in [-0.39, 0.29) is 11.9 Å². The minimum Gasteiger partial charge on any atom is -0.350 e. The minimum atomic E-state index is 0.0886. The van der Waals surface area contributed by atoms with E-state index in [0.29, 0.717) is 5.41 Å². The molecule has 1 N–H and O–H groups in total. The number of carbonyl (C=O) groups is 1. The van der Waals surface area contributed by atoms with Crippen LogP contribution in [0.1, 0.15) is 45.4 Å². The molecule has 4 rings (SSSR count). The number of hydrogen-bond acceptors (Lipinski definition) is 1. The first-order chi connectivity index (χ1) is 8.11. The zero-order valence-corrected chi connectivity index (χ0v) is 10.7. The molecule has 0 saturated heterocycles. The summed E-state index contributed by atoms with van der Waals surface area (Å²) < 4.78 is 0. The van der Waals surface area contributed by atoms with Gasteiger partial charge in [0.15, 0.2) is 0 Å². The Hall–Kier alpha value is -0.790. The van der Waals surface area contributed by atoms with Crippen LogP contribution in [0.3, 0.4) is 0 Å². The van der Waals surface area contributed by atoms with E-state index in [4.69, 9.17) is 0 Å². The first kappa shape index (κ1) is 11.3. The average Bonchev–Trinajstić information content (AvgIpc) is 2.23. The van der Waals surface area contributed by atoms with Crippen LogP contribution in [0.25, 0.3) is 0 Å². The molecule has 0 radical (unpaired) electrons. The highest BCUT2D eigenvalue weighted by atomic mass is 16.1. The second kappa shape index (κ2) is 3.86. The molecule has 94 valence electrons. The average molecular weight is 233 g/mol. The van der Waals surface area contributed by atoms with E-state index in [2.05, 4.69) is 11.9 Å². The lowest BCUT2D eigenvalue weighted by Crippen LogP contribution is -2.55. The largest absolute Gasteiger partial charge is 0.350 e. The molecule has 2 heteroatoms. The maximum atomic E-state index is 11.3. The SMILES string of the molecule is C=CC(NC(C)=O)C12CC3CC(CC(C3)C1)C2. The molecular formula is C15H23NO. The summed E-state index contributed by atoms with van der Waals surface area (Å²) in [4.78, 5) is 11.3. The van der Waals surface area contributed by atoms with Crippen LogP contribution >= 0.6 is 0 Å². The van der Waals surface area contributed by atoms with Gasteiger partial charge in [0, 0.05) is 6.92 Å². The summed E-state index contributed by atoms with van der Waals surface area (Å²) in [6.45, 7) is 5.58. The summed E-state index contributed by atoms with van der Waals surface area (Å²) in [7, 11) is 0. The lowest BCUT2D eigenvalue weighted by Gasteiger charge is -2.59. The van der Waals surface area contributed by atoms with Crippen molar-refractivity contribution in [1.82, 2.24) is 5.32 Å². The smallest absolute Gasteiger partial charge is 0.217 e. The van der Waals surface area contributed by atoms with E-state index in [1.54, 1.807) is 6.92 Å². The highest BCUT2D eigenvalue weighted by molar-refractivity contribution is 5.73. The van der Waals surface area contributed by atoms with Crippen molar-refractivity contribution < 1.29 is 4.79 Å². The first-order valence-corrected chi connectivity index (χ1v) is 7.01. The predicted molar refractivity (Wildman–Crippen MR) is 68.4 cm³/mol. The van der Waals surface area contributed by atoms with Crippen molar-refractivity contribution in [3.63, 3.8) is 0 Å². The molecule has 1 amide bonds. The Morgan fingerprint density at radius 1 is 1.24 bits per heavy atom. The molecule has 4 aliphatic carbocycles. The third-order valence-corrected chi connectivity index (χ3v) is 5.34. The summed E-state index contributed by atoms with van der Waals surface area (Å²) in [5.74, 6) is 2.87. The van der Waals surface area contributed by atoms with Crippen molar-refractivity contribution >= 4 is 5.91 Å². The maximum absolute atomic E-state index is 11.3. The first-order valence-electron chi connectivity index (χ1n) is 7.01. The highest BCUT2D eigenvalue weighted by Crippen LogP contribution is 2.61. The molecule has 17 heavy (non-hydrogen) atoms. The van der Waals surface area contributed by atoms with E-state index >= 15 is 0 Å². The quantitative estimate of drug-likeness (QED) is 0.746. The van der Waals surface area contributed by atoms with Gasteiger partial charge in [-0.3, -0.25) is 4.79 Å². The number of amides is 1. The summed E-state index contributed by atoms with van der Waals surface area (Å²) >= 11 is 0. The molecule has 4 saturated carbocycles. The van der Waals surface area contributed by atoms with Crippen LogP contribution in [0.15, 0.2) is 12.7 Å². The summed E-state index contributed by atoms with van der Waals surface area (Å²) in [6.07, 6.45) is 10.3. The van der Waals surface area contributed by atoms with E-state index < -0.39 is 0 Å². The van der Waals surface area contributed by atoms with Gasteiger partial charge in [0.05, 0.1) is 6.04 Å². The number of carbonyl (C=O) groups excluding carboxylic acids is 1. The predicted octanol–water partition coefficient (Wildman–Crippen LogP) is 2.89. The van der Waals surface area contributed by atoms with Crippen LogP contribution in [0.4, 0.5) is 0 Å². The molecule has 4 bridgehead atoms. The Morgan fingerprint density at radius 2 is 1.71 bits per heavy atom.